The molecule has 3 nitrogen and oxygen atoms in total. The van der Waals surface area contributed by atoms with Crippen LogP contribution in [0.1, 0.15) is 0 Å². The number of fused-ring (bicyclic) bond motifs is 1. The summed E-state index contributed by atoms with van der Waals surface area (Å²) in [5.74, 6) is -0.517. The van der Waals surface area contributed by atoms with Crippen molar-refractivity contribution in [2.45, 2.75) is 0 Å². The first-order chi connectivity index (χ1) is 4.86. The third-order valence-corrected chi connectivity index (χ3v) is 1.23. The van der Waals surface area contributed by atoms with Gasteiger partial charge in [0, 0.05) is 0 Å². The van der Waals surface area contributed by atoms with E-state index in [1.807, 2.05) is 0 Å². The molecule has 50 valence electrons. The first kappa shape index (κ1) is 5.34. The Labute approximate surface area is 56.1 Å². The Hall–Kier alpha value is -1.45. The lowest BCUT2D eigenvalue weighted by Gasteiger charge is -1.88. The summed E-state index contributed by atoms with van der Waals surface area (Å²) in [6.07, 6.45) is 1.57. The van der Waals surface area contributed by atoms with Gasteiger partial charge >= 0.3 is 0 Å². The van der Waals surface area contributed by atoms with Crippen LogP contribution in [0.15, 0.2) is 24.4 Å². The molecule has 4 heteroatoms. The van der Waals surface area contributed by atoms with Gasteiger partial charge in [-0.15, -0.1) is 9.73 Å². The molecular weight excluding hydrogens is 133 g/mol. The molecule has 0 unspecified atom stereocenters. The van der Waals surface area contributed by atoms with E-state index in [-0.39, 0.29) is 0 Å². The highest BCUT2D eigenvalue weighted by molar-refractivity contribution is 5.42. The third-order valence-electron chi connectivity index (χ3n) is 1.23. The Morgan fingerprint density at radius 2 is 2.20 bits per heavy atom. The van der Waals surface area contributed by atoms with Crippen LogP contribution in [-0.2, 0) is 0 Å². The van der Waals surface area contributed by atoms with Crippen LogP contribution in [0.5, 0.6) is 0 Å². The molecule has 2 rings (SSSR count). The van der Waals surface area contributed by atoms with Crippen LogP contribution in [0, 0.1) is 5.95 Å². The lowest BCUT2D eigenvalue weighted by atomic mass is 10.4. The first-order valence-corrected chi connectivity index (χ1v) is 2.83. The quantitative estimate of drug-likeness (QED) is 0.539. The topological polar surface area (TPSA) is 30.2 Å². The van der Waals surface area contributed by atoms with E-state index in [2.05, 4.69) is 10.2 Å². The van der Waals surface area contributed by atoms with Gasteiger partial charge in [-0.3, -0.25) is 0 Å². The van der Waals surface area contributed by atoms with Gasteiger partial charge in [0.1, 0.15) is 0 Å². The fourth-order valence-electron chi connectivity index (χ4n) is 0.790. The van der Waals surface area contributed by atoms with Crippen LogP contribution >= 0.6 is 0 Å². The fourth-order valence-corrected chi connectivity index (χ4v) is 0.790. The summed E-state index contributed by atoms with van der Waals surface area (Å²) in [5, 5.41) is 7.22. The van der Waals surface area contributed by atoms with E-state index in [0.29, 0.717) is 0 Å². The van der Waals surface area contributed by atoms with E-state index >= 15 is 0 Å². The Morgan fingerprint density at radius 1 is 1.30 bits per heavy atom. The van der Waals surface area contributed by atoms with Crippen LogP contribution in [0.3, 0.4) is 0 Å². The molecule has 0 N–H and O–H groups in total. The van der Waals surface area contributed by atoms with Crippen molar-refractivity contribution in [3.05, 3.63) is 30.3 Å². The molecule has 0 fully saturated rings. The molecule has 0 bridgehead atoms. The Morgan fingerprint density at radius 3 is 3.10 bits per heavy atom. The molecule has 0 atom stereocenters. The van der Waals surface area contributed by atoms with E-state index in [1.54, 1.807) is 18.3 Å². The molecule has 0 aliphatic rings. The van der Waals surface area contributed by atoms with Gasteiger partial charge in [0.15, 0.2) is 0 Å². The molecule has 0 saturated carbocycles. The number of aromatic nitrogens is 3. The van der Waals surface area contributed by atoms with Crippen LogP contribution in [0.4, 0.5) is 4.39 Å². The monoisotopic (exact) mass is 137 g/mol. The molecule has 0 spiro atoms. The lowest BCUT2D eigenvalue weighted by molar-refractivity contribution is 0.542. The molecular formula is C6H4FN3. The summed E-state index contributed by atoms with van der Waals surface area (Å²) in [4.78, 5) is 0. The number of hydrogen-bond acceptors (Lipinski definition) is 2. The van der Waals surface area contributed by atoms with Gasteiger partial charge in [0.2, 0.25) is 5.95 Å². The summed E-state index contributed by atoms with van der Waals surface area (Å²) < 4.78 is 13.6. The smallest absolute Gasteiger partial charge is 0.183 e. The highest BCUT2D eigenvalue weighted by Gasteiger charge is 1.94. The predicted octanol–water partition coefficient (Wildman–Crippen LogP) is 0.868. The molecule has 2 heterocycles. The fraction of sp³-hybridized carbons (Fsp3) is 0. The lowest BCUT2D eigenvalue weighted by Crippen LogP contribution is -1.94. The van der Waals surface area contributed by atoms with E-state index < -0.39 is 5.95 Å². The average molecular weight is 137 g/mol. The summed E-state index contributed by atoms with van der Waals surface area (Å²) in [5.41, 5.74) is 0.793. The summed E-state index contributed by atoms with van der Waals surface area (Å²) in [6.45, 7) is 0. The molecule has 0 aromatic carbocycles. The maximum Gasteiger partial charge on any atom is 0.233 e. The van der Waals surface area contributed by atoms with Gasteiger partial charge in [-0.25, -0.2) is 0 Å². The molecule has 0 aliphatic carbocycles. The van der Waals surface area contributed by atoms with Crippen LogP contribution in [0.2, 0.25) is 0 Å². The number of rotatable bonds is 0. The minimum Gasteiger partial charge on any atom is -0.183 e. The summed E-state index contributed by atoms with van der Waals surface area (Å²) >= 11 is 0. The standard InChI is InChI=1S/C6H4FN3/c7-6-2-1-5-3-4-8-10(5)9-6/h1-4H. The van der Waals surface area contributed by atoms with E-state index in [0.717, 1.165) is 5.52 Å². The van der Waals surface area contributed by atoms with Crippen LogP contribution in [-0.4, -0.2) is 14.8 Å². The number of halogens is 1. The van der Waals surface area contributed by atoms with Gasteiger partial charge in [-0.2, -0.15) is 9.49 Å². The van der Waals surface area contributed by atoms with Crippen molar-refractivity contribution in [3.8, 4) is 0 Å². The van der Waals surface area contributed by atoms with Gasteiger partial charge < -0.3 is 0 Å². The van der Waals surface area contributed by atoms with Crippen molar-refractivity contribution in [2.75, 3.05) is 0 Å². The zero-order chi connectivity index (χ0) is 6.97. The highest BCUT2D eigenvalue weighted by atomic mass is 19.1. The van der Waals surface area contributed by atoms with Gasteiger partial charge in [-0.1, -0.05) is 0 Å². The van der Waals surface area contributed by atoms with Crippen molar-refractivity contribution in [3.63, 3.8) is 0 Å². The van der Waals surface area contributed by atoms with Crippen LogP contribution in [0.25, 0.3) is 5.52 Å². The van der Waals surface area contributed by atoms with Crippen molar-refractivity contribution >= 4 is 5.52 Å². The summed E-state index contributed by atoms with van der Waals surface area (Å²) in [6, 6.07) is 4.68. The molecule has 10 heavy (non-hydrogen) atoms. The molecule has 2 aromatic heterocycles. The van der Waals surface area contributed by atoms with E-state index in [4.69, 9.17) is 0 Å². The Kier molecular flexibility index (Phi) is 0.943. The largest absolute Gasteiger partial charge is 0.233 e. The third kappa shape index (κ3) is 0.655. The van der Waals surface area contributed by atoms with Crippen molar-refractivity contribution in [1.29, 1.82) is 0 Å². The predicted molar refractivity (Wildman–Crippen MR) is 32.9 cm³/mol. The zero-order valence-electron chi connectivity index (χ0n) is 5.03. The van der Waals surface area contributed by atoms with Crippen molar-refractivity contribution in [1.82, 2.24) is 14.8 Å². The van der Waals surface area contributed by atoms with Gasteiger partial charge in [-0.05, 0) is 18.2 Å². The molecule has 2 aromatic rings. The minimum absolute atomic E-state index is 0.517. The van der Waals surface area contributed by atoms with Crippen molar-refractivity contribution in [2.24, 2.45) is 0 Å². The summed E-state index contributed by atoms with van der Waals surface area (Å²) in [7, 11) is 0. The Balaban J connectivity index is 2.86. The van der Waals surface area contributed by atoms with Gasteiger partial charge in [0.05, 0.1) is 11.7 Å². The highest BCUT2D eigenvalue weighted by Crippen LogP contribution is 1.99. The zero-order valence-corrected chi connectivity index (χ0v) is 5.03. The molecule has 0 amide bonds. The second-order valence-corrected chi connectivity index (χ2v) is 1.90. The number of nitrogens with zero attached hydrogens (tertiary/aromatic N) is 3. The van der Waals surface area contributed by atoms with E-state index in [9.17, 15) is 4.39 Å². The Bertz CT molecular complexity index is 355. The normalized spacial score (nSPS) is 10.5. The second-order valence-electron chi connectivity index (χ2n) is 1.90. The second kappa shape index (κ2) is 1.76. The van der Waals surface area contributed by atoms with Crippen molar-refractivity contribution < 1.29 is 4.39 Å². The molecule has 0 aliphatic heterocycles. The maximum absolute atomic E-state index is 12.3. The van der Waals surface area contributed by atoms with E-state index in [1.165, 1.54) is 10.7 Å². The minimum atomic E-state index is -0.517. The number of hydrogen-bond donors (Lipinski definition) is 0. The SMILES string of the molecule is Fc1ccc2ccnn2n1. The maximum atomic E-state index is 12.3. The van der Waals surface area contributed by atoms with Gasteiger partial charge in [0.25, 0.3) is 0 Å². The van der Waals surface area contributed by atoms with Crippen LogP contribution < -0.4 is 0 Å². The molecule has 0 saturated heterocycles. The first-order valence-electron chi connectivity index (χ1n) is 2.83. The molecule has 0 radical (unpaired) electrons. The average Bonchev–Trinajstić information content (AvgIpc) is 2.33.